The first-order chi connectivity index (χ1) is 12.5. The Morgan fingerprint density at radius 2 is 1.92 bits per heavy atom. The smallest absolute Gasteiger partial charge is 0.254 e. The van der Waals surface area contributed by atoms with E-state index in [1.165, 1.54) is 0 Å². The number of hydrogen-bond donors (Lipinski definition) is 1. The summed E-state index contributed by atoms with van der Waals surface area (Å²) in [5.41, 5.74) is 4.18. The van der Waals surface area contributed by atoms with Gasteiger partial charge in [-0.15, -0.1) is 0 Å². The maximum atomic E-state index is 13.0. The molecule has 1 aliphatic rings. The number of hydrogen-bond acceptors (Lipinski definition) is 5. The van der Waals surface area contributed by atoms with Gasteiger partial charge in [0.1, 0.15) is 11.9 Å². The van der Waals surface area contributed by atoms with E-state index in [0.29, 0.717) is 31.1 Å². The fraction of sp³-hybridized carbons (Fsp3) is 0.368. The van der Waals surface area contributed by atoms with Gasteiger partial charge in [0.2, 0.25) is 0 Å². The highest BCUT2D eigenvalue weighted by Crippen LogP contribution is 2.22. The Morgan fingerprint density at radius 3 is 2.69 bits per heavy atom. The number of rotatable bonds is 2. The molecule has 1 aliphatic heterocycles. The molecule has 0 bridgehead atoms. The monoisotopic (exact) mass is 351 g/mol. The maximum absolute atomic E-state index is 13.0. The maximum Gasteiger partial charge on any atom is 0.254 e. The van der Waals surface area contributed by atoms with E-state index >= 15 is 0 Å². The SMILES string of the molecule is Cc1cc(C)nc(C2CN(C(=O)c3ccc4nc(C)[nH]c4c3)CCO2)n1. The zero-order chi connectivity index (χ0) is 18.3. The van der Waals surface area contributed by atoms with Gasteiger partial charge in [0, 0.05) is 23.5 Å². The van der Waals surface area contributed by atoms with Crippen molar-refractivity contribution in [3.05, 3.63) is 52.9 Å². The number of aryl methyl sites for hydroxylation is 3. The van der Waals surface area contributed by atoms with Gasteiger partial charge in [-0.2, -0.15) is 0 Å². The number of morpholine rings is 1. The third-order valence-corrected chi connectivity index (χ3v) is 4.49. The van der Waals surface area contributed by atoms with E-state index in [-0.39, 0.29) is 12.0 Å². The molecule has 1 amide bonds. The lowest BCUT2D eigenvalue weighted by molar-refractivity contribution is -0.0269. The number of carbonyl (C=O) groups is 1. The Hall–Kier alpha value is -2.80. The van der Waals surface area contributed by atoms with Crippen LogP contribution in [0.25, 0.3) is 11.0 Å². The normalized spacial score (nSPS) is 17.7. The molecule has 0 aliphatic carbocycles. The molecule has 4 rings (SSSR count). The molecular formula is C19H21N5O2. The van der Waals surface area contributed by atoms with Crippen LogP contribution in [0.3, 0.4) is 0 Å². The van der Waals surface area contributed by atoms with Crippen molar-refractivity contribution in [2.75, 3.05) is 19.7 Å². The predicted molar refractivity (Wildman–Crippen MR) is 96.9 cm³/mol. The number of amides is 1. The molecule has 1 N–H and O–H groups in total. The molecule has 1 unspecified atom stereocenters. The van der Waals surface area contributed by atoms with E-state index in [9.17, 15) is 4.79 Å². The van der Waals surface area contributed by atoms with Crippen LogP contribution in [-0.4, -0.2) is 50.4 Å². The van der Waals surface area contributed by atoms with Crippen LogP contribution >= 0.6 is 0 Å². The number of nitrogens with zero attached hydrogens (tertiary/aromatic N) is 4. The predicted octanol–water partition coefficient (Wildman–Crippen LogP) is 2.49. The van der Waals surface area contributed by atoms with Crippen LogP contribution in [0.4, 0.5) is 0 Å². The first kappa shape index (κ1) is 16.7. The van der Waals surface area contributed by atoms with Gasteiger partial charge in [-0.3, -0.25) is 4.79 Å². The minimum absolute atomic E-state index is 0.0168. The summed E-state index contributed by atoms with van der Waals surface area (Å²) in [6, 6.07) is 7.48. The standard InChI is InChI=1S/C19H21N5O2/c1-11-8-12(2)21-18(20-11)17-10-24(6-7-26-17)19(25)14-4-5-15-16(9-14)23-13(3)22-15/h4-5,8-9,17H,6-7,10H2,1-3H3,(H,22,23). The molecule has 0 saturated carbocycles. The molecule has 1 atom stereocenters. The van der Waals surface area contributed by atoms with E-state index < -0.39 is 0 Å². The van der Waals surface area contributed by atoms with Gasteiger partial charge in [-0.05, 0) is 45.0 Å². The molecule has 0 radical (unpaired) electrons. The van der Waals surface area contributed by atoms with Gasteiger partial charge in [0.15, 0.2) is 5.82 Å². The third-order valence-electron chi connectivity index (χ3n) is 4.49. The van der Waals surface area contributed by atoms with Crippen LogP contribution in [0.1, 0.15) is 39.5 Å². The first-order valence-corrected chi connectivity index (χ1v) is 8.69. The topological polar surface area (TPSA) is 84.0 Å². The second-order valence-electron chi connectivity index (χ2n) is 6.67. The number of aromatic amines is 1. The average molecular weight is 351 g/mol. The van der Waals surface area contributed by atoms with Crippen molar-refractivity contribution in [1.82, 2.24) is 24.8 Å². The molecule has 7 nitrogen and oxygen atoms in total. The molecule has 3 aromatic rings. The Labute approximate surface area is 151 Å². The van der Waals surface area contributed by atoms with Crippen molar-refractivity contribution in [3.63, 3.8) is 0 Å². The van der Waals surface area contributed by atoms with Gasteiger partial charge in [-0.25, -0.2) is 15.0 Å². The summed E-state index contributed by atoms with van der Waals surface area (Å²) in [5.74, 6) is 1.46. The summed E-state index contributed by atoms with van der Waals surface area (Å²) in [4.78, 5) is 31.3. The van der Waals surface area contributed by atoms with Gasteiger partial charge >= 0.3 is 0 Å². The fourth-order valence-electron chi connectivity index (χ4n) is 3.34. The minimum atomic E-state index is -0.301. The van der Waals surface area contributed by atoms with Gasteiger partial charge in [0.05, 0.1) is 24.2 Å². The molecule has 7 heteroatoms. The molecule has 1 saturated heterocycles. The van der Waals surface area contributed by atoms with Crippen molar-refractivity contribution in [2.24, 2.45) is 0 Å². The Bertz CT molecular complexity index is 961. The molecule has 1 aromatic carbocycles. The average Bonchev–Trinajstić information content (AvgIpc) is 2.99. The van der Waals surface area contributed by atoms with E-state index in [0.717, 1.165) is 28.2 Å². The van der Waals surface area contributed by atoms with Crippen molar-refractivity contribution in [1.29, 1.82) is 0 Å². The molecule has 0 spiro atoms. The van der Waals surface area contributed by atoms with Crippen LogP contribution in [0.15, 0.2) is 24.3 Å². The minimum Gasteiger partial charge on any atom is -0.367 e. The van der Waals surface area contributed by atoms with E-state index in [4.69, 9.17) is 4.74 Å². The van der Waals surface area contributed by atoms with Crippen LogP contribution in [0.5, 0.6) is 0 Å². The van der Waals surface area contributed by atoms with E-state index in [1.807, 2.05) is 45.0 Å². The van der Waals surface area contributed by atoms with E-state index in [2.05, 4.69) is 19.9 Å². The number of fused-ring (bicyclic) bond motifs is 1. The number of aromatic nitrogens is 4. The Morgan fingerprint density at radius 1 is 1.15 bits per heavy atom. The zero-order valence-electron chi connectivity index (χ0n) is 15.1. The number of carbonyl (C=O) groups excluding carboxylic acids is 1. The summed E-state index contributed by atoms with van der Waals surface area (Å²) >= 11 is 0. The van der Waals surface area contributed by atoms with Crippen molar-refractivity contribution < 1.29 is 9.53 Å². The number of H-pyrrole nitrogens is 1. The number of ether oxygens (including phenoxy) is 1. The highest BCUT2D eigenvalue weighted by atomic mass is 16.5. The van der Waals surface area contributed by atoms with Crippen LogP contribution < -0.4 is 0 Å². The number of nitrogens with one attached hydrogen (secondary N) is 1. The lowest BCUT2D eigenvalue weighted by Crippen LogP contribution is -2.42. The highest BCUT2D eigenvalue weighted by molar-refractivity contribution is 5.97. The third kappa shape index (κ3) is 3.17. The molecule has 2 aromatic heterocycles. The molecular weight excluding hydrogens is 330 g/mol. The summed E-state index contributed by atoms with van der Waals surface area (Å²) in [6.07, 6.45) is -0.301. The van der Waals surface area contributed by atoms with Crippen LogP contribution in [0.2, 0.25) is 0 Å². The molecule has 1 fully saturated rings. The van der Waals surface area contributed by atoms with Crippen LogP contribution in [0, 0.1) is 20.8 Å². The molecule has 26 heavy (non-hydrogen) atoms. The quantitative estimate of drug-likeness (QED) is 0.767. The van der Waals surface area contributed by atoms with Crippen LogP contribution in [-0.2, 0) is 4.74 Å². The summed E-state index contributed by atoms with van der Waals surface area (Å²) < 4.78 is 5.83. The zero-order valence-corrected chi connectivity index (χ0v) is 15.1. The van der Waals surface area contributed by atoms with Crippen molar-refractivity contribution in [3.8, 4) is 0 Å². The Balaban J connectivity index is 1.57. The lowest BCUT2D eigenvalue weighted by atomic mass is 10.1. The second-order valence-corrected chi connectivity index (χ2v) is 6.67. The summed E-state index contributed by atoms with van der Waals surface area (Å²) in [6.45, 7) is 7.25. The van der Waals surface area contributed by atoms with Crippen molar-refractivity contribution in [2.45, 2.75) is 26.9 Å². The van der Waals surface area contributed by atoms with Gasteiger partial charge in [-0.1, -0.05) is 0 Å². The largest absolute Gasteiger partial charge is 0.367 e. The van der Waals surface area contributed by atoms with Gasteiger partial charge in [0.25, 0.3) is 5.91 Å². The van der Waals surface area contributed by atoms with Crippen molar-refractivity contribution >= 4 is 16.9 Å². The number of benzene rings is 1. The number of imidazole rings is 1. The molecule has 134 valence electrons. The highest BCUT2D eigenvalue weighted by Gasteiger charge is 2.28. The Kier molecular flexibility index (Phi) is 4.16. The summed E-state index contributed by atoms with van der Waals surface area (Å²) in [5, 5.41) is 0. The van der Waals surface area contributed by atoms with Gasteiger partial charge < -0.3 is 14.6 Å². The van der Waals surface area contributed by atoms with E-state index in [1.54, 1.807) is 4.90 Å². The lowest BCUT2D eigenvalue weighted by Gasteiger charge is -2.32. The summed E-state index contributed by atoms with van der Waals surface area (Å²) in [7, 11) is 0. The second kappa shape index (κ2) is 6.49. The molecule has 3 heterocycles. The first-order valence-electron chi connectivity index (χ1n) is 8.69. The fourth-order valence-corrected chi connectivity index (χ4v) is 3.34.